The molecule has 0 bridgehead atoms. The van der Waals surface area contributed by atoms with Crippen molar-refractivity contribution in [3.05, 3.63) is 60.3 Å². The van der Waals surface area contributed by atoms with Crippen LogP contribution in [0.3, 0.4) is 0 Å². The van der Waals surface area contributed by atoms with Gasteiger partial charge in [0.2, 0.25) is 0 Å². The average Bonchev–Trinajstić information content (AvgIpc) is 3.71. The molecule has 0 amide bonds. The molecule has 12 nitrogen and oxygen atoms in total. The number of benzene rings is 2. The van der Waals surface area contributed by atoms with Crippen LogP contribution in [0.1, 0.15) is 114 Å². The van der Waals surface area contributed by atoms with E-state index in [4.69, 9.17) is 25.0 Å². The number of carboxylic acids is 4. The van der Waals surface area contributed by atoms with Crippen LogP contribution in [0.4, 0.5) is 0 Å². The van der Waals surface area contributed by atoms with E-state index in [2.05, 4.69) is 11.9 Å². The number of carbonyl (C=O) groups is 4. The van der Waals surface area contributed by atoms with Crippen molar-refractivity contribution in [2.75, 3.05) is 5.75 Å². The highest BCUT2D eigenvalue weighted by atomic mass is 32.2. The minimum Gasteiger partial charge on any atom is -0.481 e. The van der Waals surface area contributed by atoms with Gasteiger partial charge >= 0.3 is 23.9 Å². The summed E-state index contributed by atoms with van der Waals surface area (Å²) in [4.78, 5) is 45.6. The number of aliphatic carboxylic acids is 3. The molecule has 1 heterocycles. The molecule has 3 aromatic rings. The molecule has 4 rings (SSSR count). The van der Waals surface area contributed by atoms with Crippen LogP contribution >= 0.6 is 11.8 Å². The van der Waals surface area contributed by atoms with Crippen molar-refractivity contribution >= 4 is 56.7 Å². The van der Waals surface area contributed by atoms with Gasteiger partial charge in [-0.2, -0.15) is 8.42 Å². The summed E-state index contributed by atoms with van der Waals surface area (Å²) in [6.07, 6.45) is 20.6. The van der Waals surface area contributed by atoms with Gasteiger partial charge in [-0.3, -0.25) is 18.9 Å². The maximum Gasteiger partial charge on any atom is 0.335 e. The Balaban J connectivity index is 0.000000306. The van der Waals surface area contributed by atoms with Crippen LogP contribution in [0.2, 0.25) is 0 Å². The van der Waals surface area contributed by atoms with E-state index in [1.54, 1.807) is 48.3 Å². The largest absolute Gasteiger partial charge is 0.481 e. The lowest BCUT2D eigenvalue weighted by Crippen LogP contribution is -2.29. The van der Waals surface area contributed by atoms with Gasteiger partial charge in [-0.1, -0.05) is 96.5 Å². The second kappa shape index (κ2) is 22.1. The lowest BCUT2D eigenvalue weighted by atomic mass is 10.0. The topological polar surface area (TPSA) is 219 Å². The predicted molar refractivity (Wildman–Crippen MR) is 196 cm³/mol. The summed E-state index contributed by atoms with van der Waals surface area (Å²) < 4.78 is 31.0. The summed E-state index contributed by atoms with van der Waals surface area (Å²) in [6, 6.07) is 13.4. The van der Waals surface area contributed by atoms with Gasteiger partial charge in [-0.25, -0.2) is 4.79 Å². The fourth-order valence-corrected chi connectivity index (χ4v) is 6.89. The first-order valence-electron chi connectivity index (χ1n) is 17.4. The zero-order valence-electron chi connectivity index (χ0n) is 29.1. The number of nitrogens with one attached hydrogen (secondary N) is 1. The van der Waals surface area contributed by atoms with Crippen LogP contribution in [0, 0.1) is 11.3 Å². The molecule has 0 saturated heterocycles. The Bertz CT molecular complexity index is 1640. The van der Waals surface area contributed by atoms with Crippen LogP contribution in [-0.2, 0) is 24.5 Å². The number of rotatable bonds is 21. The Kier molecular flexibility index (Phi) is 18.8. The summed E-state index contributed by atoms with van der Waals surface area (Å²) in [5, 5.41) is 35.0. The lowest BCUT2D eigenvalue weighted by Gasteiger charge is -2.04. The zero-order valence-corrected chi connectivity index (χ0v) is 30.7. The standard InChI is InChI=1S/C22H38O3S2.C9H7NO2.C6H6O6/c1-2-3-4-5-6-7-8-9-10-11-12-13-14-15-20-26-21-16-18-22(19-17-21)27(23,24)25;11-9(12)7-2-1-6-3-4-10-8(6)5-7;7-3(8)2-1-6(2,4(9)10)5(11)12/h16-19H,2-15,20H2,1H3,(H,23,24,25);1-5,10H,(H,11,12);2H,1H2,(H,7,8)(H,9,10)(H,11,12). The van der Waals surface area contributed by atoms with Gasteiger partial charge in [0, 0.05) is 16.6 Å². The van der Waals surface area contributed by atoms with E-state index in [1.807, 2.05) is 6.07 Å². The smallest absolute Gasteiger partial charge is 0.335 e. The highest BCUT2D eigenvalue weighted by Gasteiger charge is 2.70. The molecule has 1 unspecified atom stereocenters. The molecule has 14 heteroatoms. The van der Waals surface area contributed by atoms with Gasteiger partial charge in [0.25, 0.3) is 10.1 Å². The van der Waals surface area contributed by atoms with E-state index in [1.165, 1.54) is 102 Å². The number of thioether (sulfide) groups is 1. The van der Waals surface area contributed by atoms with Crippen molar-refractivity contribution in [1.82, 2.24) is 4.98 Å². The molecule has 6 N–H and O–H groups in total. The molecule has 1 aliphatic carbocycles. The summed E-state index contributed by atoms with van der Waals surface area (Å²) in [5.41, 5.74) is -0.911. The lowest BCUT2D eigenvalue weighted by molar-refractivity contribution is -0.161. The molecule has 1 aliphatic rings. The zero-order chi connectivity index (χ0) is 37.9. The third-order valence-electron chi connectivity index (χ3n) is 8.71. The number of hydrogen-bond acceptors (Lipinski definition) is 7. The van der Waals surface area contributed by atoms with Crippen molar-refractivity contribution in [2.45, 2.75) is 113 Å². The Hall–Kier alpha value is -3.88. The van der Waals surface area contributed by atoms with E-state index < -0.39 is 45.3 Å². The normalized spacial score (nSPS) is 14.4. The number of carboxylic acid groups (broad SMARTS) is 4. The molecular weight excluding hydrogens is 699 g/mol. The minimum atomic E-state index is -4.08. The highest BCUT2D eigenvalue weighted by molar-refractivity contribution is 7.99. The Morgan fingerprint density at radius 1 is 0.745 bits per heavy atom. The van der Waals surface area contributed by atoms with Gasteiger partial charge in [-0.15, -0.1) is 11.8 Å². The maximum absolute atomic E-state index is 11.0. The van der Waals surface area contributed by atoms with E-state index >= 15 is 0 Å². The molecule has 0 aliphatic heterocycles. The molecule has 1 atom stereocenters. The molecule has 1 aromatic heterocycles. The highest BCUT2D eigenvalue weighted by Crippen LogP contribution is 2.53. The SMILES string of the molecule is CCCCCCCCCCCCCCCCSc1ccc(S(=O)(=O)O)cc1.O=C(O)C1CC1(C(=O)O)C(=O)O.O=C(O)c1ccc2cc[nH]c2c1. The first kappa shape index (κ1) is 43.3. The maximum atomic E-state index is 11.0. The molecule has 1 fully saturated rings. The molecule has 0 spiro atoms. The predicted octanol–water partition coefficient (Wildman–Crippen LogP) is 8.62. The van der Waals surface area contributed by atoms with Gasteiger partial charge < -0.3 is 25.4 Å². The monoisotopic (exact) mass is 749 g/mol. The van der Waals surface area contributed by atoms with Crippen molar-refractivity contribution in [3.63, 3.8) is 0 Å². The third-order valence-corrected chi connectivity index (χ3v) is 10.7. The van der Waals surface area contributed by atoms with E-state index in [-0.39, 0.29) is 11.3 Å². The Labute approximate surface area is 303 Å². The number of aromatic carboxylic acids is 1. The van der Waals surface area contributed by atoms with Gasteiger partial charge in [0.15, 0.2) is 5.41 Å². The number of aromatic amines is 1. The van der Waals surface area contributed by atoms with Crippen molar-refractivity contribution in [2.24, 2.45) is 11.3 Å². The molecular formula is C37H51NO11S2. The number of fused-ring (bicyclic) bond motifs is 1. The molecule has 0 radical (unpaired) electrons. The number of hydrogen-bond donors (Lipinski definition) is 6. The molecule has 2 aromatic carbocycles. The first-order valence-corrected chi connectivity index (χ1v) is 19.9. The fourth-order valence-electron chi connectivity index (χ4n) is 5.50. The number of unbranched alkanes of at least 4 members (excludes halogenated alkanes) is 13. The molecule has 282 valence electrons. The molecule has 1 saturated carbocycles. The van der Waals surface area contributed by atoms with Crippen LogP contribution in [0.25, 0.3) is 10.9 Å². The van der Waals surface area contributed by atoms with Gasteiger partial charge in [0.1, 0.15) is 0 Å². The van der Waals surface area contributed by atoms with Crippen LogP contribution in [0.5, 0.6) is 0 Å². The van der Waals surface area contributed by atoms with Crippen molar-refractivity contribution < 1.29 is 52.6 Å². The van der Waals surface area contributed by atoms with E-state index in [0.717, 1.165) is 21.6 Å². The number of H-pyrrole nitrogens is 1. The Morgan fingerprint density at radius 2 is 1.25 bits per heavy atom. The van der Waals surface area contributed by atoms with Gasteiger partial charge in [0.05, 0.1) is 16.4 Å². The summed E-state index contributed by atoms with van der Waals surface area (Å²) in [7, 11) is -4.08. The van der Waals surface area contributed by atoms with Crippen LogP contribution < -0.4 is 0 Å². The van der Waals surface area contributed by atoms with Gasteiger partial charge in [-0.05, 0) is 66.4 Å². The van der Waals surface area contributed by atoms with Crippen LogP contribution in [-0.4, -0.2) is 68.0 Å². The summed E-state index contributed by atoms with van der Waals surface area (Å²) in [5.74, 6) is -5.66. The average molecular weight is 750 g/mol. The summed E-state index contributed by atoms with van der Waals surface area (Å²) in [6.45, 7) is 2.27. The molecule has 51 heavy (non-hydrogen) atoms. The minimum absolute atomic E-state index is 0.0386. The quantitative estimate of drug-likeness (QED) is 0.0261. The third kappa shape index (κ3) is 15.1. The second-order valence-corrected chi connectivity index (χ2v) is 15.2. The van der Waals surface area contributed by atoms with Crippen molar-refractivity contribution in [1.29, 1.82) is 0 Å². The van der Waals surface area contributed by atoms with Crippen molar-refractivity contribution in [3.8, 4) is 0 Å². The first-order chi connectivity index (χ1) is 24.2. The summed E-state index contributed by atoms with van der Waals surface area (Å²) >= 11 is 1.75. The van der Waals surface area contributed by atoms with E-state index in [9.17, 15) is 27.6 Å². The second-order valence-electron chi connectivity index (χ2n) is 12.7. The Morgan fingerprint density at radius 3 is 1.67 bits per heavy atom. The van der Waals surface area contributed by atoms with Crippen LogP contribution in [0.15, 0.2) is 64.5 Å². The fraction of sp³-hybridized carbons (Fsp3) is 0.514. The van der Waals surface area contributed by atoms with E-state index in [0.29, 0.717) is 5.56 Å². The number of aromatic nitrogens is 1.